The maximum absolute atomic E-state index is 12.3. The molecule has 2 amide bonds. The van der Waals surface area contributed by atoms with E-state index in [1.165, 1.54) is 17.3 Å². The third-order valence-electron chi connectivity index (χ3n) is 4.77. The predicted octanol–water partition coefficient (Wildman–Crippen LogP) is 3.36. The Morgan fingerprint density at radius 3 is 2.66 bits per heavy atom. The monoisotopic (exact) mass is 416 g/mol. The summed E-state index contributed by atoms with van der Waals surface area (Å²) in [5.74, 6) is 1.24. The molecule has 1 saturated heterocycles. The molecule has 1 N–H and O–H groups in total. The molecule has 2 aromatic rings. The zero-order valence-electron chi connectivity index (χ0n) is 17.2. The van der Waals surface area contributed by atoms with Gasteiger partial charge in [-0.25, -0.2) is 0 Å². The molecule has 1 aromatic heterocycles. The van der Waals surface area contributed by atoms with Crippen molar-refractivity contribution in [3.05, 3.63) is 41.3 Å². The van der Waals surface area contributed by atoms with E-state index in [-0.39, 0.29) is 23.6 Å². The molecule has 1 fully saturated rings. The molecule has 29 heavy (non-hydrogen) atoms. The van der Waals surface area contributed by atoms with Gasteiger partial charge in [0.15, 0.2) is 0 Å². The highest BCUT2D eigenvalue weighted by Gasteiger charge is 2.22. The van der Waals surface area contributed by atoms with Crippen molar-refractivity contribution in [3.63, 3.8) is 0 Å². The Labute approximate surface area is 175 Å². The number of nitrogens with zero attached hydrogens (tertiary/aromatic N) is 3. The normalized spacial score (nSPS) is 15.2. The standard InChI is InChI=1S/C21H28N4O3S/c1-14(2)11-16-6-8-17(9-7-16)15(3)22-18(26)13-29-21-24-23-19(28-21)12-25-10-4-5-20(25)27/h6-9,14-15H,4-5,10-13H2,1-3H3,(H,22,26). The fourth-order valence-electron chi connectivity index (χ4n) is 3.30. The molecule has 1 unspecified atom stereocenters. The SMILES string of the molecule is CC(C)Cc1ccc(C(C)NC(=O)CSc2nnc(CN3CCCC3=O)o2)cc1. The lowest BCUT2D eigenvalue weighted by Crippen LogP contribution is -2.28. The number of amides is 2. The Bertz CT molecular complexity index is 835. The molecule has 1 aromatic carbocycles. The average Bonchev–Trinajstić information content (AvgIpc) is 3.29. The summed E-state index contributed by atoms with van der Waals surface area (Å²) in [6, 6.07) is 8.31. The fraction of sp³-hybridized carbons (Fsp3) is 0.524. The van der Waals surface area contributed by atoms with Crippen molar-refractivity contribution in [2.24, 2.45) is 5.92 Å². The van der Waals surface area contributed by atoms with Gasteiger partial charge in [0.2, 0.25) is 17.7 Å². The predicted molar refractivity (Wildman–Crippen MR) is 111 cm³/mol. The molecule has 0 saturated carbocycles. The van der Waals surface area contributed by atoms with E-state index >= 15 is 0 Å². The van der Waals surface area contributed by atoms with Crippen LogP contribution in [0, 0.1) is 5.92 Å². The summed E-state index contributed by atoms with van der Waals surface area (Å²) in [6.45, 7) is 7.43. The van der Waals surface area contributed by atoms with Gasteiger partial charge in [-0.3, -0.25) is 9.59 Å². The zero-order chi connectivity index (χ0) is 20.8. The van der Waals surface area contributed by atoms with Gasteiger partial charge in [-0.1, -0.05) is 49.9 Å². The second kappa shape index (κ2) is 9.91. The number of carbonyl (C=O) groups is 2. The topological polar surface area (TPSA) is 88.3 Å². The van der Waals surface area contributed by atoms with E-state index in [1.54, 1.807) is 4.90 Å². The van der Waals surface area contributed by atoms with E-state index < -0.39 is 0 Å². The van der Waals surface area contributed by atoms with E-state index in [9.17, 15) is 9.59 Å². The smallest absolute Gasteiger partial charge is 0.277 e. The lowest BCUT2D eigenvalue weighted by molar-refractivity contribution is -0.128. The highest BCUT2D eigenvalue weighted by Crippen LogP contribution is 2.20. The Morgan fingerprint density at radius 1 is 1.24 bits per heavy atom. The number of benzene rings is 1. The van der Waals surface area contributed by atoms with Gasteiger partial charge in [-0.05, 0) is 36.8 Å². The van der Waals surface area contributed by atoms with Gasteiger partial charge >= 0.3 is 0 Å². The first-order chi connectivity index (χ1) is 13.9. The Kier molecular flexibility index (Phi) is 7.30. The first kappa shape index (κ1) is 21.4. The third kappa shape index (κ3) is 6.32. The van der Waals surface area contributed by atoms with Crippen LogP contribution < -0.4 is 5.32 Å². The molecule has 2 heterocycles. The maximum Gasteiger partial charge on any atom is 0.277 e. The van der Waals surface area contributed by atoms with E-state index in [1.807, 2.05) is 6.92 Å². The molecule has 8 heteroatoms. The van der Waals surface area contributed by atoms with Crippen molar-refractivity contribution in [2.75, 3.05) is 12.3 Å². The molecule has 1 aliphatic rings. The minimum Gasteiger partial charge on any atom is -0.414 e. The van der Waals surface area contributed by atoms with Crippen LogP contribution in [0.5, 0.6) is 0 Å². The molecule has 3 rings (SSSR count). The lowest BCUT2D eigenvalue weighted by atomic mass is 10.00. The van der Waals surface area contributed by atoms with Gasteiger partial charge in [-0.15, -0.1) is 10.2 Å². The molecule has 0 aliphatic carbocycles. The summed E-state index contributed by atoms with van der Waals surface area (Å²) >= 11 is 1.20. The van der Waals surface area contributed by atoms with Gasteiger partial charge in [0.1, 0.15) is 0 Å². The van der Waals surface area contributed by atoms with Gasteiger partial charge in [0.05, 0.1) is 18.3 Å². The quantitative estimate of drug-likeness (QED) is 0.631. The third-order valence-corrected chi connectivity index (χ3v) is 5.59. The number of rotatable bonds is 9. The molecule has 1 atom stereocenters. The van der Waals surface area contributed by atoms with E-state index in [2.05, 4.69) is 53.6 Å². The highest BCUT2D eigenvalue weighted by molar-refractivity contribution is 7.99. The van der Waals surface area contributed by atoms with Crippen molar-refractivity contribution < 1.29 is 14.0 Å². The maximum atomic E-state index is 12.3. The number of likely N-dealkylation sites (tertiary alicyclic amines) is 1. The van der Waals surface area contributed by atoms with Crippen LogP contribution in [0.3, 0.4) is 0 Å². The van der Waals surface area contributed by atoms with Crippen LogP contribution >= 0.6 is 11.8 Å². The summed E-state index contributed by atoms with van der Waals surface area (Å²) in [4.78, 5) is 25.6. The lowest BCUT2D eigenvalue weighted by Gasteiger charge is -2.15. The van der Waals surface area contributed by atoms with Gasteiger partial charge in [-0.2, -0.15) is 0 Å². The molecule has 1 aliphatic heterocycles. The number of hydrogen-bond acceptors (Lipinski definition) is 6. The van der Waals surface area contributed by atoms with Crippen molar-refractivity contribution in [2.45, 2.75) is 57.8 Å². The molecule has 0 spiro atoms. The van der Waals surface area contributed by atoms with Crippen molar-refractivity contribution >= 4 is 23.6 Å². The summed E-state index contributed by atoms with van der Waals surface area (Å²) in [5, 5.41) is 11.3. The van der Waals surface area contributed by atoms with Crippen LogP contribution in [0.4, 0.5) is 0 Å². The van der Waals surface area contributed by atoms with Crippen LogP contribution in [0.15, 0.2) is 33.9 Å². The Morgan fingerprint density at radius 2 is 2.00 bits per heavy atom. The average molecular weight is 417 g/mol. The largest absolute Gasteiger partial charge is 0.414 e. The minimum absolute atomic E-state index is 0.0735. The van der Waals surface area contributed by atoms with E-state index in [0.29, 0.717) is 30.0 Å². The van der Waals surface area contributed by atoms with Gasteiger partial charge < -0.3 is 14.6 Å². The van der Waals surface area contributed by atoms with Crippen LogP contribution in [0.25, 0.3) is 0 Å². The molecular weight excluding hydrogens is 388 g/mol. The van der Waals surface area contributed by atoms with E-state index in [4.69, 9.17) is 4.42 Å². The van der Waals surface area contributed by atoms with Crippen LogP contribution in [-0.2, 0) is 22.6 Å². The van der Waals surface area contributed by atoms with Gasteiger partial charge in [0, 0.05) is 13.0 Å². The summed E-state index contributed by atoms with van der Waals surface area (Å²) in [7, 11) is 0. The Balaban J connectivity index is 1.44. The molecule has 0 bridgehead atoms. The number of nitrogens with one attached hydrogen (secondary N) is 1. The van der Waals surface area contributed by atoms with Crippen LogP contribution in [0.1, 0.15) is 56.7 Å². The molecular formula is C21H28N4O3S. The molecule has 7 nitrogen and oxygen atoms in total. The fourth-order valence-corrected chi connectivity index (χ4v) is 3.89. The molecule has 0 radical (unpaired) electrons. The second-order valence-electron chi connectivity index (χ2n) is 7.80. The Hall–Kier alpha value is -2.35. The van der Waals surface area contributed by atoms with E-state index in [0.717, 1.165) is 24.9 Å². The first-order valence-electron chi connectivity index (χ1n) is 10.0. The highest BCUT2D eigenvalue weighted by atomic mass is 32.2. The number of thioether (sulfide) groups is 1. The van der Waals surface area contributed by atoms with Crippen LogP contribution in [-0.4, -0.2) is 39.2 Å². The zero-order valence-corrected chi connectivity index (χ0v) is 18.0. The van der Waals surface area contributed by atoms with Crippen molar-refractivity contribution in [1.82, 2.24) is 20.4 Å². The van der Waals surface area contributed by atoms with Crippen molar-refractivity contribution in [3.8, 4) is 0 Å². The summed E-state index contributed by atoms with van der Waals surface area (Å²) in [5.41, 5.74) is 2.38. The minimum atomic E-state index is -0.0942. The van der Waals surface area contributed by atoms with Crippen LogP contribution in [0.2, 0.25) is 0 Å². The summed E-state index contributed by atoms with van der Waals surface area (Å²) in [6.07, 6.45) is 2.50. The number of hydrogen-bond donors (Lipinski definition) is 1. The molecule has 156 valence electrons. The number of carbonyl (C=O) groups excluding carboxylic acids is 2. The summed E-state index contributed by atoms with van der Waals surface area (Å²) < 4.78 is 5.55. The first-order valence-corrected chi connectivity index (χ1v) is 11.0. The van der Waals surface area contributed by atoms with Gasteiger partial charge in [0.25, 0.3) is 5.22 Å². The van der Waals surface area contributed by atoms with Crippen molar-refractivity contribution in [1.29, 1.82) is 0 Å². The number of aromatic nitrogens is 2. The second-order valence-corrected chi connectivity index (χ2v) is 8.72.